The molecule has 0 aromatic heterocycles. The zero-order chi connectivity index (χ0) is 15.8. The lowest BCUT2D eigenvalue weighted by atomic mass is 10.1. The van der Waals surface area contributed by atoms with Crippen molar-refractivity contribution in [3.05, 3.63) is 29.8 Å². The Morgan fingerprint density at radius 3 is 2.82 bits per heavy atom. The molecule has 22 heavy (non-hydrogen) atoms. The van der Waals surface area contributed by atoms with Gasteiger partial charge in [-0.15, -0.1) is 0 Å². The van der Waals surface area contributed by atoms with Gasteiger partial charge in [0.15, 0.2) is 0 Å². The SMILES string of the molecule is CC(CNC(=O)CCc1ccccc1N)CN1CCOCC1. The molecule has 1 saturated heterocycles. The summed E-state index contributed by atoms with van der Waals surface area (Å²) in [6.45, 7) is 7.52. The van der Waals surface area contributed by atoms with Gasteiger partial charge in [-0.05, 0) is 24.0 Å². The number of morpholine rings is 1. The van der Waals surface area contributed by atoms with Gasteiger partial charge in [0.25, 0.3) is 0 Å². The number of rotatable bonds is 7. The minimum absolute atomic E-state index is 0.0945. The number of amides is 1. The molecular weight excluding hydrogens is 278 g/mol. The number of anilines is 1. The molecule has 5 nitrogen and oxygen atoms in total. The van der Waals surface area contributed by atoms with E-state index in [1.165, 1.54) is 0 Å². The van der Waals surface area contributed by atoms with E-state index in [1.54, 1.807) is 0 Å². The fourth-order valence-corrected chi connectivity index (χ4v) is 2.68. The molecule has 1 atom stereocenters. The molecule has 0 radical (unpaired) electrons. The molecular formula is C17H27N3O2. The predicted octanol–water partition coefficient (Wildman–Crippen LogP) is 1.29. The Morgan fingerprint density at radius 2 is 2.09 bits per heavy atom. The summed E-state index contributed by atoms with van der Waals surface area (Å²) in [6, 6.07) is 7.71. The highest BCUT2D eigenvalue weighted by Crippen LogP contribution is 2.12. The molecule has 2 rings (SSSR count). The molecule has 1 aromatic carbocycles. The summed E-state index contributed by atoms with van der Waals surface area (Å²) in [6.07, 6.45) is 1.18. The van der Waals surface area contributed by atoms with Gasteiger partial charge in [0.1, 0.15) is 0 Å². The maximum absolute atomic E-state index is 11.9. The summed E-state index contributed by atoms with van der Waals surface area (Å²) in [5, 5.41) is 3.02. The molecule has 1 amide bonds. The number of aryl methyl sites for hydroxylation is 1. The normalized spacial score (nSPS) is 17.1. The fourth-order valence-electron chi connectivity index (χ4n) is 2.68. The minimum atomic E-state index is 0.0945. The van der Waals surface area contributed by atoms with E-state index >= 15 is 0 Å². The highest BCUT2D eigenvalue weighted by Gasteiger charge is 2.14. The molecule has 1 aliphatic rings. The van der Waals surface area contributed by atoms with Crippen LogP contribution < -0.4 is 11.1 Å². The Labute approximate surface area is 132 Å². The van der Waals surface area contributed by atoms with Crippen molar-refractivity contribution in [2.75, 3.05) is 45.1 Å². The van der Waals surface area contributed by atoms with Crippen molar-refractivity contribution in [2.45, 2.75) is 19.8 Å². The Bertz CT molecular complexity index is 473. The number of nitrogen functional groups attached to an aromatic ring is 1. The lowest BCUT2D eigenvalue weighted by Gasteiger charge is -2.29. The highest BCUT2D eigenvalue weighted by atomic mass is 16.5. The Hall–Kier alpha value is -1.59. The van der Waals surface area contributed by atoms with E-state index in [-0.39, 0.29) is 5.91 Å². The number of benzene rings is 1. The largest absolute Gasteiger partial charge is 0.399 e. The van der Waals surface area contributed by atoms with Gasteiger partial charge in [-0.25, -0.2) is 0 Å². The Balaban J connectivity index is 1.63. The van der Waals surface area contributed by atoms with E-state index in [4.69, 9.17) is 10.5 Å². The molecule has 0 spiro atoms. The van der Waals surface area contributed by atoms with Crippen LogP contribution in [0.1, 0.15) is 18.9 Å². The van der Waals surface area contributed by atoms with Crippen LogP contribution in [0.5, 0.6) is 0 Å². The van der Waals surface area contributed by atoms with Crippen molar-refractivity contribution in [1.82, 2.24) is 10.2 Å². The molecule has 1 aromatic rings. The topological polar surface area (TPSA) is 67.6 Å². The van der Waals surface area contributed by atoms with Crippen LogP contribution in [0.15, 0.2) is 24.3 Å². The van der Waals surface area contributed by atoms with Gasteiger partial charge >= 0.3 is 0 Å². The number of hydrogen-bond donors (Lipinski definition) is 2. The zero-order valence-electron chi connectivity index (χ0n) is 13.4. The summed E-state index contributed by atoms with van der Waals surface area (Å²) in [5.41, 5.74) is 7.69. The van der Waals surface area contributed by atoms with Crippen LogP contribution in [0.2, 0.25) is 0 Å². The van der Waals surface area contributed by atoms with E-state index in [9.17, 15) is 4.79 Å². The van der Waals surface area contributed by atoms with E-state index in [0.717, 1.165) is 50.6 Å². The minimum Gasteiger partial charge on any atom is -0.399 e. The average Bonchev–Trinajstić information content (AvgIpc) is 2.53. The second-order valence-electron chi connectivity index (χ2n) is 6.02. The van der Waals surface area contributed by atoms with Crippen LogP contribution >= 0.6 is 0 Å². The van der Waals surface area contributed by atoms with Crippen molar-refractivity contribution in [3.63, 3.8) is 0 Å². The standard InChI is InChI=1S/C17H27N3O2/c1-14(13-20-8-10-22-11-9-20)12-19-17(21)7-6-15-4-2-3-5-16(15)18/h2-5,14H,6-13,18H2,1H3,(H,19,21). The zero-order valence-corrected chi connectivity index (χ0v) is 13.4. The summed E-state index contributed by atoms with van der Waals surface area (Å²) in [4.78, 5) is 14.3. The molecule has 3 N–H and O–H groups in total. The monoisotopic (exact) mass is 305 g/mol. The molecule has 0 bridgehead atoms. The molecule has 1 aliphatic heterocycles. The molecule has 0 saturated carbocycles. The van der Waals surface area contributed by atoms with Crippen LogP contribution in [-0.4, -0.2) is 50.2 Å². The van der Waals surface area contributed by atoms with Crippen LogP contribution in [0.25, 0.3) is 0 Å². The average molecular weight is 305 g/mol. The lowest BCUT2D eigenvalue weighted by molar-refractivity contribution is -0.121. The number of ether oxygens (including phenoxy) is 1. The summed E-state index contributed by atoms with van der Waals surface area (Å²) >= 11 is 0. The Morgan fingerprint density at radius 1 is 1.36 bits per heavy atom. The predicted molar refractivity (Wildman–Crippen MR) is 88.6 cm³/mol. The van der Waals surface area contributed by atoms with Gasteiger partial charge in [0, 0.05) is 38.3 Å². The second kappa shape index (κ2) is 8.76. The van der Waals surface area contributed by atoms with Crippen molar-refractivity contribution >= 4 is 11.6 Å². The maximum Gasteiger partial charge on any atom is 0.220 e. The van der Waals surface area contributed by atoms with Crippen molar-refractivity contribution in [3.8, 4) is 0 Å². The first-order valence-electron chi connectivity index (χ1n) is 8.05. The fraction of sp³-hybridized carbons (Fsp3) is 0.588. The quantitative estimate of drug-likeness (QED) is 0.745. The first-order valence-corrected chi connectivity index (χ1v) is 8.05. The lowest BCUT2D eigenvalue weighted by Crippen LogP contribution is -2.41. The van der Waals surface area contributed by atoms with E-state index in [2.05, 4.69) is 17.1 Å². The number of carbonyl (C=O) groups is 1. The number of nitrogens with zero attached hydrogens (tertiary/aromatic N) is 1. The van der Waals surface area contributed by atoms with Crippen molar-refractivity contribution in [1.29, 1.82) is 0 Å². The van der Waals surface area contributed by atoms with Gasteiger partial charge in [0.05, 0.1) is 13.2 Å². The molecule has 0 aliphatic carbocycles. The van der Waals surface area contributed by atoms with Crippen molar-refractivity contribution < 1.29 is 9.53 Å². The van der Waals surface area contributed by atoms with Crippen LogP contribution in [0, 0.1) is 5.92 Å². The number of nitrogens with one attached hydrogen (secondary N) is 1. The van der Waals surface area contributed by atoms with E-state index < -0.39 is 0 Å². The van der Waals surface area contributed by atoms with Crippen molar-refractivity contribution in [2.24, 2.45) is 5.92 Å². The van der Waals surface area contributed by atoms with Gasteiger partial charge in [-0.1, -0.05) is 25.1 Å². The van der Waals surface area contributed by atoms with Crippen LogP contribution in [-0.2, 0) is 16.0 Å². The third kappa shape index (κ3) is 5.66. The van der Waals surface area contributed by atoms with E-state index in [0.29, 0.717) is 18.8 Å². The highest BCUT2D eigenvalue weighted by molar-refractivity contribution is 5.76. The maximum atomic E-state index is 11.9. The molecule has 1 unspecified atom stereocenters. The van der Waals surface area contributed by atoms with Gasteiger partial charge in [-0.2, -0.15) is 0 Å². The molecule has 1 fully saturated rings. The second-order valence-corrected chi connectivity index (χ2v) is 6.02. The first kappa shape index (κ1) is 16.8. The first-order chi connectivity index (χ1) is 10.6. The summed E-state index contributed by atoms with van der Waals surface area (Å²) in [5.74, 6) is 0.543. The smallest absolute Gasteiger partial charge is 0.220 e. The van der Waals surface area contributed by atoms with Gasteiger partial charge in [0.2, 0.25) is 5.91 Å². The molecule has 1 heterocycles. The molecule has 5 heteroatoms. The number of carbonyl (C=O) groups excluding carboxylic acids is 1. The van der Waals surface area contributed by atoms with Crippen LogP contribution in [0.4, 0.5) is 5.69 Å². The van der Waals surface area contributed by atoms with E-state index in [1.807, 2.05) is 24.3 Å². The number of para-hydroxylation sites is 1. The Kier molecular flexibility index (Phi) is 6.68. The third-order valence-electron chi connectivity index (χ3n) is 4.00. The number of nitrogens with two attached hydrogens (primary N) is 1. The van der Waals surface area contributed by atoms with Gasteiger partial charge in [-0.3, -0.25) is 9.69 Å². The molecule has 122 valence electrons. The third-order valence-corrected chi connectivity index (χ3v) is 4.00. The van der Waals surface area contributed by atoms with Crippen LogP contribution in [0.3, 0.4) is 0 Å². The van der Waals surface area contributed by atoms with Gasteiger partial charge < -0.3 is 15.8 Å². The number of hydrogen-bond acceptors (Lipinski definition) is 4. The summed E-state index contributed by atoms with van der Waals surface area (Å²) in [7, 11) is 0. The summed E-state index contributed by atoms with van der Waals surface area (Å²) < 4.78 is 5.34.